The lowest BCUT2D eigenvalue weighted by Crippen LogP contribution is -2.43. The summed E-state index contributed by atoms with van der Waals surface area (Å²) >= 11 is 11.1. The topological polar surface area (TPSA) is 40.5 Å². The Kier molecular flexibility index (Phi) is 4.59. The van der Waals surface area contributed by atoms with Crippen LogP contribution in [0.1, 0.15) is 18.9 Å². The molecule has 0 saturated carbocycles. The highest BCUT2D eigenvalue weighted by Crippen LogP contribution is 2.26. The van der Waals surface area contributed by atoms with Gasteiger partial charge in [-0.2, -0.15) is 0 Å². The fourth-order valence-electron chi connectivity index (χ4n) is 1.30. The molecule has 0 aromatic heterocycles. The predicted octanol–water partition coefficient (Wildman–Crippen LogP) is 3.07. The average Bonchev–Trinajstić information content (AvgIpc) is 2.26. The van der Waals surface area contributed by atoms with Gasteiger partial charge in [-0.25, -0.2) is 0 Å². The van der Waals surface area contributed by atoms with Crippen molar-refractivity contribution in [1.82, 2.24) is 3.94 Å². The SMILES string of the molecule is CC(CCc1ccccc1)(C(=O)O)N(Cl)Cl. The number of halogens is 2. The number of carbonyl (C=O) groups is 1. The van der Waals surface area contributed by atoms with E-state index in [1.807, 2.05) is 30.3 Å². The molecule has 1 N–H and O–H groups in total. The van der Waals surface area contributed by atoms with Crippen molar-refractivity contribution in [3.05, 3.63) is 35.9 Å². The van der Waals surface area contributed by atoms with Crippen molar-refractivity contribution >= 4 is 29.5 Å². The molecule has 16 heavy (non-hydrogen) atoms. The van der Waals surface area contributed by atoms with Crippen molar-refractivity contribution in [2.45, 2.75) is 25.3 Å². The van der Waals surface area contributed by atoms with E-state index >= 15 is 0 Å². The standard InChI is InChI=1S/C11H13Cl2NO2/c1-11(10(15)16,14(12)13)8-7-9-5-3-2-4-6-9/h2-6H,7-8H2,1H3,(H,15,16). The number of aryl methyl sites for hydroxylation is 1. The number of hydrogen-bond donors (Lipinski definition) is 1. The zero-order chi connectivity index (χ0) is 12.2. The lowest BCUT2D eigenvalue weighted by Gasteiger charge is -2.27. The molecule has 0 aliphatic heterocycles. The van der Waals surface area contributed by atoms with E-state index in [0.29, 0.717) is 16.8 Å². The normalized spacial score (nSPS) is 14.8. The molecule has 0 aliphatic carbocycles. The number of aliphatic carboxylic acids is 1. The van der Waals surface area contributed by atoms with Crippen LogP contribution in [-0.4, -0.2) is 20.6 Å². The highest BCUT2D eigenvalue weighted by atomic mass is 35.5. The third-order valence-electron chi connectivity index (χ3n) is 2.58. The van der Waals surface area contributed by atoms with Gasteiger partial charge in [0.15, 0.2) is 0 Å². The molecule has 5 heteroatoms. The van der Waals surface area contributed by atoms with Crippen LogP contribution in [-0.2, 0) is 11.2 Å². The molecule has 1 aromatic carbocycles. The third kappa shape index (κ3) is 3.11. The molecular weight excluding hydrogens is 249 g/mol. The minimum Gasteiger partial charge on any atom is -0.480 e. The zero-order valence-corrected chi connectivity index (χ0v) is 10.4. The van der Waals surface area contributed by atoms with E-state index in [-0.39, 0.29) is 0 Å². The Labute approximate surface area is 105 Å². The Morgan fingerprint density at radius 2 is 1.94 bits per heavy atom. The van der Waals surface area contributed by atoms with Crippen LogP contribution >= 0.6 is 23.6 Å². The summed E-state index contributed by atoms with van der Waals surface area (Å²) in [5.74, 6) is -1.03. The van der Waals surface area contributed by atoms with Crippen LogP contribution < -0.4 is 0 Å². The molecule has 0 bridgehead atoms. The molecule has 1 unspecified atom stereocenters. The van der Waals surface area contributed by atoms with Gasteiger partial charge in [0.05, 0.1) is 0 Å². The number of rotatable bonds is 5. The number of carboxylic acids is 1. The van der Waals surface area contributed by atoms with Crippen LogP contribution in [0.15, 0.2) is 30.3 Å². The first-order valence-corrected chi connectivity index (χ1v) is 5.53. The van der Waals surface area contributed by atoms with Crippen LogP contribution in [0.3, 0.4) is 0 Å². The Balaban J connectivity index is 2.69. The summed E-state index contributed by atoms with van der Waals surface area (Å²) in [5.41, 5.74) is -0.205. The van der Waals surface area contributed by atoms with Gasteiger partial charge in [0.1, 0.15) is 5.54 Å². The van der Waals surface area contributed by atoms with E-state index in [1.165, 1.54) is 6.92 Å². The summed E-state index contributed by atoms with van der Waals surface area (Å²) in [6, 6.07) is 9.61. The van der Waals surface area contributed by atoms with Gasteiger partial charge in [0, 0.05) is 0 Å². The Morgan fingerprint density at radius 1 is 1.38 bits per heavy atom. The predicted molar refractivity (Wildman–Crippen MR) is 64.3 cm³/mol. The van der Waals surface area contributed by atoms with Crippen molar-refractivity contribution in [3.8, 4) is 0 Å². The summed E-state index contributed by atoms with van der Waals surface area (Å²) < 4.78 is 0.707. The van der Waals surface area contributed by atoms with Gasteiger partial charge in [-0.1, -0.05) is 30.3 Å². The van der Waals surface area contributed by atoms with Crippen molar-refractivity contribution < 1.29 is 9.90 Å². The highest BCUT2D eigenvalue weighted by Gasteiger charge is 2.38. The third-order valence-corrected chi connectivity index (χ3v) is 3.32. The second-order valence-corrected chi connectivity index (χ2v) is 4.65. The van der Waals surface area contributed by atoms with Gasteiger partial charge in [0.2, 0.25) is 0 Å². The summed E-state index contributed by atoms with van der Waals surface area (Å²) in [5, 5.41) is 9.07. The average molecular weight is 262 g/mol. The lowest BCUT2D eigenvalue weighted by atomic mass is 9.94. The van der Waals surface area contributed by atoms with Crippen molar-refractivity contribution in [1.29, 1.82) is 0 Å². The van der Waals surface area contributed by atoms with E-state index in [1.54, 1.807) is 0 Å². The second kappa shape index (κ2) is 5.53. The van der Waals surface area contributed by atoms with Gasteiger partial charge in [-0.15, -0.1) is 3.94 Å². The maximum atomic E-state index is 11.1. The molecule has 1 atom stereocenters. The molecule has 0 saturated heterocycles. The van der Waals surface area contributed by atoms with Crippen LogP contribution in [0.4, 0.5) is 0 Å². The largest absolute Gasteiger partial charge is 0.480 e. The minimum absolute atomic E-state index is 0.347. The zero-order valence-electron chi connectivity index (χ0n) is 8.86. The molecule has 1 rings (SSSR count). The van der Waals surface area contributed by atoms with Crippen molar-refractivity contribution in [3.63, 3.8) is 0 Å². The van der Waals surface area contributed by atoms with Crippen LogP contribution in [0.5, 0.6) is 0 Å². The lowest BCUT2D eigenvalue weighted by molar-refractivity contribution is -0.145. The maximum absolute atomic E-state index is 11.1. The van der Waals surface area contributed by atoms with Gasteiger partial charge >= 0.3 is 5.97 Å². The highest BCUT2D eigenvalue weighted by molar-refractivity contribution is 6.35. The molecule has 0 fully saturated rings. The Hall–Kier alpha value is -0.770. The van der Waals surface area contributed by atoms with Gasteiger partial charge < -0.3 is 5.11 Å². The Morgan fingerprint density at radius 3 is 2.38 bits per heavy atom. The van der Waals surface area contributed by atoms with Gasteiger partial charge in [0.25, 0.3) is 0 Å². The maximum Gasteiger partial charge on any atom is 0.326 e. The number of benzene rings is 1. The number of carboxylic acid groups (broad SMARTS) is 1. The number of hydrogen-bond acceptors (Lipinski definition) is 2. The summed E-state index contributed by atoms with van der Waals surface area (Å²) in [6.45, 7) is 1.50. The molecule has 1 aromatic rings. The molecule has 3 nitrogen and oxygen atoms in total. The van der Waals surface area contributed by atoms with E-state index in [0.717, 1.165) is 5.56 Å². The Bertz CT molecular complexity index is 356. The van der Waals surface area contributed by atoms with Crippen LogP contribution in [0.25, 0.3) is 0 Å². The molecule has 0 aliphatic rings. The molecule has 0 radical (unpaired) electrons. The van der Waals surface area contributed by atoms with E-state index in [9.17, 15) is 4.79 Å². The summed E-state index contributed by atoms with van der Waals surface area (Å²) in [4.78, 5) is 11.1. The van der Waals surface area contributed by atoms with Crippen LogP contribution in [0, 0.1) is 0 Å². The summed E-state index contributed by atoms with van der Waals surface area (Å²) in [6.07, 6.45) is 0.957. The molecule has 0 heterocycles. The fourth-order valence-corrected chi connectivity index (χ4v) is 1.61. The summed E-state index contributed by atoms with van der Waals surface area (Å²) in [7, 11) is 0. The van der Waals surface area contributed by atoms with E-state index in [4.69, 9.17) is 28.7 Å². The number of nitrogens with zero attached hydrogens (tertiary/aromatic N) is 1. The molecule has 0 amide bonds. The quantitative estimate of drug-likeness (QED) is 0.829. The first-order valence-electron chi connectivity index (χ1n) is 4.86. The molecular formula is C11H13Cl2NO2. The smallest absolute Gasteiger partial charge is 0.326 e. The first-order chi connectivity index (χ1) is 7.47. The minimum atomic E-state index is -1.26. The monoisotopic (exact) mass is 261 g/mol. The van der Waals surface area contributed by atoms with E-state index in [2.05, 4.69) is 0 Å². The first kappa shape index (κ1) is 13.3. The fraction of sp³-hybridized carbons (Fsp3) is 0.364. The van der Waals surface area contributed by atoms with E-state index < -0.39 is 11.5 Å². The molecule has 88 valence electrons. The van der Waals surface area contributed by atoms with Gasteiger partial charge in [-0.05, 0) is 48.9 Å². The molecule has 0 spiro atoms. The van der Waals surface area contributed by atoms with Gasteiger partial charge in [-0.3, -0.25) is 4.79 Å². The van der Waals surface area contributed by atoms with Crippen molar-refractivity contribution in [2.75, 3.05) is 0 Å². The van der Waals surface area contributed by atoms with Crippen LogP contribution in [0.2, 0.25) is 0 Å². The second-order valence-electron chi connectivity index (χ2n) is 3.80. The van der Waals surface area contributed by atoms with Crippen molar-refractivity contribution in [2.24, 2.45) is 0 Å².